The summed E-state index contributed by atoms with van der Waals surface area (Å²) in [6, 6.07) is 7.72. The largest absolute Gasteiger partial charge is 0.441 e. The molecule has 25 heavy (non-hydrogen) atoms. The van der Waals surface area contributed by atoms with Gasteiger partial charge < -0.3 is 15.1 Å². The van der Waals surface area contributed by atoms with Gasteiger partial charge in [0.25, 0.3) is 0 Å². The Morgan fingerprint density at radius 3 is 3.08 bits per heavy atom. The molecule has 0 bridgehead atoms. The van der Waals surface area contributed by atoms with Crippen molar-refractivity contribution < 1.29 is 9.21 Å². The number of oxazole rings is 1. The molecular weight excluding hydrogens is 338 g/mol. The van der Waals surface area contributed by atoms with Crippen molar-refractivity contribution in [2.45, 2.75) is 32.6 Å². The third kappa shape index (κ3) is 3.31. The normalized spacial score (nSPS) is 25.1. The van der Waals surface area contributed by atoms with Crippen LogP contribution in [0.5, 0.6) is 0 Å². The van der Waals surface area contributed by atoms with Crippen LogP contribution in [0.1, 0.15) is 31.4 Å². The highest BCUT2D eigenvalue weighted by molar-refractivity contribution is 5.96. The maximum absolute atomic E-state index is 13.0. The molecule has 1 aliphatic heterocycles. The minimum Gasteiger partial charge on any atom is -0.441 e. The van der Waals surface area contributed by atoms with Gasteiger partial charge in [0.15, 0.2) is 0 Å². The quantitative estimate of drug-likeness (QED) is 0.872. The molecule has 134 valence electrons. The number of halogens is 1. The van der Waals surface area contributed by atoms with E-state index in [1.165, 1.54) is 6.42 Å². The number of rotatable bonds is 3. The summed E-state index contributed by atoms with van der Waals surface area (Å²) in [6.45, 7) is 3.63. The molecule has 4 rings (SSSR count). The van der Waals surface area contributed by atoms with Gasteiger partial charge in [-0.15, -0.1) is 12.4 Å². The monoisotopic (exact) mass is 361 g/mol. The number of amides is 1. The number of anilines is 1. The number of aromatic nitrogens is 1. The third-order valence-corrected chi connectivity index (χ3v) is 5.48. The molecule has 0 spiro atoms. The van der Waals surface area contributed by atoms with Crippen molar-refractivity contribution in [1.29, 1.82) is 0 Å². The number of nitrogens with one attached hydrogen (secondary N) is 2. The Hall–Kier alpha value is -1.85. The van der Waals surface area contributed by atoms with E-state index < -0.39 is 0 Å². The Kier molecular flexibility index (Phi) is 5.16. The number of carbonyl (C=O) groups excluding carboxylic acids is 1. The maximum Gasteiger partial charge on any atom is 0.232 e. The molecular formula is C19H24ClN3O2. The molecule has 2 atom stereocenters. The van der Waals surface area contributed by atoms with Gasteiger partial charge in [0, 0.05) is 17.8 Å². The van der Waals surface area contributed by atoms with Gasteiger partial charge in [-0.2, -0.15) is 0 Å². The summed E-state index contributed by atoms with van der Waals surface area (Å²) in [5.74, 6) is 1.97. The second kappa shape index (κ2) is 7.18. The second-order valence-electron chi connectivity index (χ2n) is 7.04. The summed E-state index contributed by atoms with van der Waals surface area (Å²) in [7, 11) is 0. The number of benzene rings is 1. The molecule has 2 N–H and O–H groups in total. The van der Waals surface area contributed by atoms with Crippen molar-refractivity contribution in [3.05, 3.63) is 36.2 Å². The summed E-state index contributed by atoms with van der Waals surface area (Å²) in [5.41, 5.74) is 1.44. The summed E-state index contributed by atoms with van der Waals surface area (Å²) in [5, 5.41) is 6.57. The Morgan fingerprint density at radius 2 is 2.28 bits per heavy atom. The van der Waals surface area contributed by atoms with Gasteiger partial charge >= 0.3 is 0 Å². The highest BCUT2D eigenvalue weighted by Crippen LogP contribution is 2.44. The average molecular weight is 362 g/mol. The second-order valence-corrected chi connectivity index (χ2v) is 7.04. The third-order valence-electron chi connectivity index (χ3n) is 5.48. The van der Waals surface area contributed by atoms with Crippen molar-refractivity contribution in [3.8, 4) is 11.5 Å². The van der Waals surface area contributed by atoms with Crippen LogP contribution < -0.4 is 10.6 Å². The van der Waals surface area contributed by atoms with Gasteiger partial charge in [-0.25, -0.2) is 4.98 Å². The van der Waals surface area contributed by atoms with Gasteiger partial charge in [0.2, 0.25) is 11.8 Å². The summed E-state index contributed by atoms with van der Waals surface area (Å²) in [4.78, 5) is 17.3. The molecule has 6 heteroatoms. The van der Waals surface area contributed by atoms with Crippen LogP contribution >= 0.6 is 12.4 Å². The lowest BCUT2D eigenvalue weighted by molar-refractivity contribution is -0.128. The fourth-order valence-electron chi connectivity index (χ4n) is 4.16. The van der Waals surface area contributed by atoms with Gasteiger partial charge in [-0.05, 0) is 50.4 Å². The average Bonchev–Trinajstić information content (AvgIpc) is 3.22. The summed E-state index contributed by atoms with van der Waals surface area (Å²) in [6.07, 6.45) is 6.21. The van der Waals surface area contributed by atoms with Crippen molar-refractivity contribution in [1.82, 2.24) is 10.3 Å². The number of hydrogen-bond acceptors (Lipinski definition) is 4. The fourth-order valence-corrected chi connectivity index (χ4v) is 4.16. The zero-order valence-corrected chi connectivity index (χ0v) is 15.2. The van der Waals surface area contributed by atoms with Crippen LogP contribution in [0.15, 0.2) is 34.9 Å². The van der Waals surface area contributed by atoms with Gasteiger partial charge in [0.1, 0.15) is 5.76 Å². The molecule has 2 aliphatic rings. The fraction of sp³-hybridized carbons (Fsp3) is 0.474. The van der Waals surface area contributed by atoms with Crippen molar-refractivity contribution in [2.24, 2.45) is 11.3 Å². The Bertz CT molecular complexity index is 761. The highest BCUT2D eigenvalue weighted by Gasteiger charge is 2.49. The van der Waals surface area contributed by atoms with E-state index in [2.05, 4.69) is 15.6 Å². The number of carbonyl (C=O) groups is 1. The van der Waals surface area contributed by atoms with E-state index in [-0.39, 0.29) is 23.7 Å². The number of fused-ring (bicyclic) bond motifs is 1. The maximum atomic E-state index is 13.0. The Morgan fingerprint density at radius 1 is 1.40 bits per heavy atom. The van der Waals surface area contributed by atoms with Crippen LogP contribution in [0, 0.1) is 18.3 Å². The van der Waals surface area contributed by atoms with Crippen LogP contribution in [0.25, 0.3) is 11.5 Å². The van der Waals surface area contributed by atoms with Crippen molar-refractivity contribution >= 4 is 24.0 Å². The molecule has 1 amide bonds. The van der Waals surface area contributed by atoms with Crippen molar-refractivity contribution in [3.63, 3.8) is 0 Å². The number of aryl methyl sites for hydroxylation is 1. The first-order chi connectivity index (χ1) is 11.7. The first kappa shape index (κ1) is 18.0. The van der Waals surface area contributed by atoms with Crippen molar-refractivity contribution in [2.75, 3.05) is 18.4 Å². The molecule has 0 radical (unpaired) electrons. The molecule has 1 aromatic carbocycles. The van der Waals surface area contributed by atoms with E-state index in [4.69, 9.17) is 4.42 Å². The van der Waals surface area contributed by atoms with Gasteiger partial charge in [-0.1, -0.05) is 18.9 Å². The smallest absolute Gasteiger partial charge is 0.232 e. The zero-order chi connectivity index (χ0) is 16.6. The standard InChI is InChI=1S/C19H23N3O2.ClH/c1-13-10-21-17(24-13)14-5-4-7-16(9-14)22-18(23)19-8-3-2-6-15(19)11-20-12-19;/h4-5,7,9-10,15,20H,2-3,6,8,11-12H2,1H3,(H,22,23);1H/t15-,19+;/m0./s1. The van der Waals surface area contributed by atoms with E-state index in [0.717, 1.165) is 49.4 Å². The predicted molar refractivity (Wildman–Crippen MR) is 99.8 cm³/mol. The van der Waals surface area contributed by atoms with Crippen LogP contribution in [0.3, 0.4) is 0 Å². The van der Waals surface area contributed by atoms with E-state index in [0.29, 0.717) is 11.8 Å². The minimum absolute atomic E-state index is 0. The summed E-state index contributed by atoms with van der Waals surface area (Å²) < 4.78 is 5.58. The van der Waals surface area contributed by atoms with Crippen LogP contribution in [-0.4, -0.2) is 24.0 Å². The van der Waals surface area contributed by atoms with E-state index in [1.807, 2.05) is 31.2 Å². The lowest BCUT2D eigenvalue weighted by Crippen LogP contribution is -2.44. The summed E-state index contributed by atoms with van der Waals surface area (Å²) >= 11 is 0. The van der Waals surface area contributed by atoms with Gasteiger partial charge in [-0.3, -0.25) is 4.79 Å². The molecule has 2 heterocycles. The first-order valence-electron chi connectivity index (χ1n) is 8.72. The Balaban J connectivity index is 0.00000182. The van der Waals surface area contributed by atoms with Gasteiger partial charge in [0.05, 0.1) is 11.6 Å². The molecule has 5 nitrogen and oxygen atoms in total. The number of hydrogen-bond donors (Lipinski definition) is 2. The minimum atomic E-state index is -0.242. The SMILES string of the molecule is Cc1cnc(-c2cccc(NC(=O)[C@@]34CCCC[C@H]3CNC4)c2)o1.Cl. The molecule has 2 fully saturated rings. The predicted octanol–water partition coefficient (Wildman–Crippen LogP) is 3.79. The molecule has 0 unspecified atom stereocenters. The van der Waals surface area contributed by atoms with E-state index in [1.54, 1.807) is 6.20 Å². The topological polar surface area (TPSA) is 67.2 Å². The molecule has 1 aromatic heterocycles. The molecule has 2 aromatic rings. The zero-order valence-electron chi connectivity index (χ0n) is 14.4. The van der Waals surface area contributed by atoms with Crippen LogP contribution in [0.2, 0.25) is 0 Å². The molecule has 1 aliphatic carbocycles. The van der Waals surface area contributed by atoms with Crippen LogP contribution in [-0.2, 0) is 4.79 Å². The molecule has 1 saturated heterocycles. The highest BCUT2D eigenvalue weighted by atomic mass is 35.5. The lowest BCUT2D eigenvalue weighted by atomic mass is 9.67. The Labute approximate surface area is 154 Å². The molecule has 1 saturated carbocycles. The first-order valence-corrected chi connectivity index (χ1v) is 8.72. The van der Waals surface area contributed by atoms with Crippen LogP contribution in [0.4, 0.5) is 5.69 Å². The van der Waals surface area contributed by atoms with E-state index in [9.17, 15) is 4.79 Å². The van der Waals surface area contributed by atoms with E-state index >= 15 is 0 Å². The lowest BCUT2D eigenvalue weighted by Gasteiger charge is -2.37. The number of nitrogens with zero attached hydrogens (tertiary/aromatic N) is 1.